The lowest BCUT2D eigenvalue weighted by Crippen LogP contribution is -2.44. The summed E-state index contributed by atoms with van der Waals surface area (Å²) in [5.41, 5.74) is 0.314. The van der Waals surface area contributed by atoms with Crippen LogP contribution in [0.3, 0.4) is 0 Å². The number of carbonyl (C=O) groups excluding carboxylic acids is 1. The van der Waals surface area contributed by atoms with E-state index in [2.05, 4.69) is 36.5 Å². The zero-order chi connectivity index (χ0) is 19.3. The highest BCUT2D eigenvalue weighted by molar-refractivity contribution is 9.10. The summed E-state index contributed by atoms with van der Waals surface area (Å²) in [7, 11) is 1.71. The topological polar surface area (TPSA) is 66.0 Å². The second kappa shape index (κ2) is 8.70. The van der Waals surface area contributed by atoms with Gasteiger partial charge >= 0.3 is 6.09 Å². The maximum atomic E-state index is 13.6. The first-order valence-corrected chi connectivity index (χ1v) is 9.36. The van der Waals surface area contributed by atoms with Crippen LogP contribution in [-0.4, -0.2) is 48.7 Å². The molecule has 0 aromatic heterocycles. The van der Waals surface area contributed by atoms with E-state index in [1.54, 1.807) is 13.1 Å². The average molecular weight is 429 g/mol. The maximum absolute atomic E-state index is 13.6. The van der Waals surface area contributed by atoms with Crippen molar-refractivity contribution in [1.29, 1.82) is 0 Å². The Bertz CT molecular complexity index is 676. The molecule has 0 saturated carbocycles. The SMILES string of the molecule is CN=C(NCc1ccc(Br)c(F)c1)N1CCC(NC(=O)OC(C)(C)C)C1. The Labute approximate surface area is 162 Å². The van der Waals surface area contributed by atoms with Gasteiger partial charge in [0.2, 0.25) is 0 Å². The molecule has 1 aromatic rings. The van der Waals surface area contributed by atoms with E-state index in [1.807, 2.05) is 26.8 Å². The van der Waals surface area contributed by atoms with Gasteiger partial charge in [-0.15, -0.1) is 0 Å². The molecule has 1 unspecified atom stereocenters. The summed E-state index contributed by atoms with van der Waals surface area (Å²) in [6.45, 7) is 7.40. The number of benzene rings is 1. The number of hydrogen-bond acceptors (Lipinski definition) is 3. The van der Waals surface area contributed by atoms with Crippen LogP contribution in [0.25, 0.3) is 0 Å². The number of alkyl carbamates (subject to hydrolysis) is 1. The highest BCUT2D eigenvalue weighted by atomic mass is 79.9. The minimum Gasteiger partial charge on any atom is -0.444 e. The normalized spacial score (nSPS) is 18.0. The number of hydrogen-bond donors (Lipinski definition) is 2. The number of guanidine groups is 1. The summed E-state index contributed by atoms with van der Waals surface area (Å²) >= 11 is 3.15. The third kappa shape index (κ3) is 6.16. The van der Waals surface area contributed by atoms with Gasteiger partial charge in [0.15, 0.2) is 5.96 Å². The van der Waals surface area contributed by atoms with Crippen LogP contribution in [0.15, 0.2) is 27.7 Å². The molecule has 0 spiro atoms. The molecule has 1 amide bonds. The lowest BCUT2D eigenvalue weighted by molar-refractivity contribution is 0.0507. The zero-order valence-corrected chi connectivity index (χ0v) is 17.2. The zero-order valence-electron chi connectivity index (χ0n) is 15.6. The van der Waals surface area contributed by atoms with Crippen molar-refractivity contribution in [3.63, 3.8) is 0 Å². The fraction of sp³-hybridized carbons (Fsp3) is 0.556. The van der Waals surface area contributed by atoms with Crippen molar-refractivity contribution in [2.75, 3.05) is 20.1 Å². The van der Waals surface area contributed by atoms with Gasteiger partial charge in [0.1, 0.15) is 11.4 Å². The molecule has 0 aliphatic carbocycles. The van der Waals surface area contributed by atoms with Gasteiger partial charge in [-0.2, -0.15) is 0 Å². The molecule has 2 N–H and O–H groups in total. The summed E-state index contributed by atoms with van der Waals surface area (Å²) in [4.78, 5) is 18.2. The summed E-state index contributed by atoms with van der Waals surface area (Å²) in [6, 6.07) is 5.03. The molecule has 1 aliphatic heterocycles. The van der Waals surface area contributed by atoms with Crippen LogP contribution >= 0.6 is 15.9 Å². The molecule has 1 heterocycles. The molecule has 6 nitrogen and oxygen atoms in total. The number of likely N-dealkylation sites (tertiary alicyclic amines) is 1. The van der Waals surface area contributed by atoms with E-state index in [0.29, 0.717) is 17.6 Å². The minimum absolute atomic E-state index is 0.00789. The number of amides is 1. The van der Waals surface area contributed by atoms with Gasteiger partial charge in [0, 0.05) is 26.7 Å². The molecule has 1 aromatic carbocycles. The van der Waals surface area contributed by atoms with Crippen LogP contribution in [0.5, 0.6) is 0 Å². The van der Waals surface area contributed by atoms with Crippen molar-refractivity contribution in [2.24, 2.45) is 4.99 Å². The standard InChI is InChI=1S/C18H26BrFN4O2/c1-18(2,3)26-17(25)23-13-7-8-24(11-13)16(21-4)22-10-12-5-6-14(19)15(20)9-12/h5-6,9,13H,7-8,10-11H2,1-4H3,(H,21,22)(H,23,25). The number of aliphatic imine (C=N–C) groups is 1. The fourth-order valence-electron chi connectivity index (χ4n) is 2.71. The smallest absolute Gasteiger partial charge is 0.407 e. The van der Waals surface area contributed by atoms with Crippen LogP contribution in [0.1, 0.15) is 32.8 Å². The Balaban J connectivity index is 1.85. The third-order valence-corrected chi connectivity index (χ3v) is 4.50. The predicted molar refractivity (Wildman–Crippen MR) is 104 cm³/mol. The molecular weight excluding hydrogens is 403 g/mol. The largest absolute Gasteiger partial charge is 0.444 e. The van der Waals surface area contributed by atoms with Crippen molar-refractivity contribution < 1.29 is 13.9 Å². The Morgan fingerprint density at radius 3 is 2.81 bits per heavy atom. The third-order valence-electron chi connectivity index (χ3n) is 3.86. The minimum atomic E-state index is -0.514. The number of carbonyl (C=O) groups is 1. The predicted octanol–water partition coefficient (Wildman–Crippen LogP) is 3.26. The highest BCUT2D eigenvalue weighted by Crippen LogP contribution is 2.17. The second-order valence-electron chi connectivity index (χ2n) is 7.23. The lowest BCUT2D eigenvalue weighted by atomic mass is 10.2. The molecule has 1 aliphatic rings. The van der Waals surface area contributed by atoms with Crippen LogP contribution in [0, 0.1) is 5.82 Å². The monoisotopic (exact) mass is 428 g/mol. The quantitative estimate of drug-likeness (QED) is 0.572. The number of rotatable bonds is 3. The summed E-state index contributed by atoms with van der Waals surface area (Å²) in [5.74, 6) is 0.434. The van der Waals surface area contributed by atoms with Crippen molar-refractivity contribution in [3.05, 3.63) is 34.1 Å². The number of halogens is 2. The van der Waals surface area contributed by atoms with Gasteiger partial charge in [0.25, 0.3) is 0 Å². The van der Waals surface area contributed by atoms with E-state index in [9.17, 15) is 9.18 Å². The fourth-order valence-corrected chi connectivity index (χ4v) is 2.95. The maximum Gasteiger partial charge on any atom is 0.407 e. The van der Waals surface area contributed by atoms with Gasteiger partial charge in [-0.3, -0.25) is 4.99 Å². The van der Waals surface area contributed by atoms with Gasteiger partial charge < -0.3 is 20.3 Å². The van der Waals surface area contributed by atoms with E-state index in [-0.39, 0.29) is 11.9 Å². The van der Waals surface area contributed by atoms with Crippen molar-refractivity contribution in [1.82, 2.24) is 15.5 Å². The summed E-state index contributed by atoms with van der Waals surface area (Å²) < 4.78 is 19.3. The first kappa shape index (κ1) is 20.5. The molecule has 8 heteroatoms. The van der Waals surface area contributed by atoms with E-state index >= 15 is 0 Å². The molecule has 2 rings (SSSR count). The Morgan fingerprint density at radius 1 is 1.46 bits per heavy atom. The van der Waals surface area contributed by atoms with E-state index in [0.717, 1.165) is 24.5 Å². The molecule has 1 fully saturated rings. The van der Waals surface area contributed by atoms with E-state index in [1.165, 1.54) is 6.07 Å². The van der Waals surface area contributed by atoms with E-state index < -0.39 is 11.7 Å². The molecule has 144 valence electrons. The van der Waals surface area contributed by atoms with Crippen LogP contribution in [0.2, 0.25) is 0 Å². The van der Waals surface area contributed by atoms with Crippen LogP contribution in [-0.2, 0) is 11.3 Å². The Kier molecular flexibility index (Phi) is 6.86. The molecule has 1 atom stereocenters. The first-order chi connectivity index (χ1) is 12.2. The molecule has 0 radical (unpaired) electrons. The average Bonchev–Trinajstić information content (AvgIpc) is 2.97. The van der Waals surface area contributed by atoms with E-state index in [4.69, 9.17) is 4.74 Å². The summed E-state index contributed by atoms with van der Waals surface area (Å²) in [5, 5.41) is 6.13. The number of nitrogens with zero attached hydrogens (tertiary/aromatic N) is 2. The molecule has 0 bridgehead atoms. The van der Waals surface area contributed by atoms with Gasteiger partial charge in [-0.05, 0) is 60.8 Å². The highest BCUT2D eigenvalue weighted by Gasteiger charge is 2.27. The first-order valence-electron chi connectivity index (χ1n) is 8.57. The van der Waals surface area contributed by atoms with Gasteiger partial charge in [0.05, 0.1) is 10.5 Å². The van der Waals surface area contributed by atoms with Gasteiger partial charge in [-0.25, -0.2) is 9.18 Å². The Hall–Kier alpha value is -1.83. The molecular formula is C18H26BrFN4O2. The van der Waals surface area contributed by atoms with Crippen molar-refractivity contribution in [3.8, 4) is 0 Å². The second-order valence-corrected chi connectivity index (χ2v) is 8.08. The van der Waals surface area contributed by atoms with Crippen LogP contribution < -0.4 is 10.6 Å². The van der Waals surface area contributed by atoms with Crippen molar-refractivity contribution >= 4 is 28.0 Å². The van der Waals surface area contributed by atoms with Gasteiger partial charge in [-0.1, -0.05) is 6.07 Å². The number of ether oxygens (including phenoxy) is 1. The number of nitrogens with one attached hydrogen (secondary N) is 2. The van der Waals surface area contributed by atoms with Crippen molar-refractivity contribution in [2.45, 2.75) is 45.4 Å². The Morgan fingerprint density at radius 2 is 2.19 bits per heavy atom. The molecule has 1 saturated heterocycles. The molecule has 26 heavy (non-hydrogen) atoms. The van der Waals surface area contributed by atoms with Crippen LogP contribution in [0.4, 0.5) is 9.18 Å². The summed E-state index contributed by atoms with van der Waals surface area (Å²) in [6.07, 6.45) is 0.407. The lowest BCUT2D eigenvalue weighted by Gasteiger charge is -2.23.